The monoisotopic (exact) mass is 153 g/mol. The first kappa shape index (κ1) is 15.9. The van der Waals surface area contributed by atoms with Crippen molar-refractivity contribution in [2.24, 2.45) is 0 Å². The molecule has 2 nitrogen and oxygen atoms in total. The van der Waals surface area contributed by atoms with Gasteiger partial charge in [-0.05, 0) is 0 Å². The molecule has 5 heavy (non-hydrogen) atoms. The van der Waals surface area contributed by atoms with Gasteiger partial charge in [-0.15, -0.1) is 0 Å². The minimum Gasteiger partial charge on any atom is -0.544 e. The zero-order valence-electron chi connectivity index (χ0n) is 2.50. The molecule has 0 aliphatic rings. The van der Waals surface area contributed by atoms with Gasteiger partial charge in [-0.1, -0.05) is 0 Å². The van der Waals surface area contributed by atoms with Gasteiger partial charge in [0.1, 0.15) is 0 Å². The normalized spacial score (nSPS) is 3.60. The van der Waals surface area contributed by atoms with Crippen molar-refractivity contribution < 1.29 is 67.3 Å². The van der Waals surface area contributed by atoms with Gasteiger partial charge >= 0.3 is 29.6 Å². The Balaban J connectivity index is -0.0000000200. The molecule has 0 fully saturated rings. The van der Waals surface area contributed by atoms with Crippen molar-refractivity contribution in [2.75, 3.05) is 0 Å². The third kappa shape index (κ3) is 26.6. The van der Waals surface area contributed by atoms with E-state index in [1.54, 1.807) is 0 Å². The van der Waals surface area contributed by atoms with Crippen molar-refractivity contribution in [1.82, 2.24) is 0 Å². The molecule has 0 unspecified atom stereocenters. The quantitative estimate of drug-likeness (QED) is 0.327. The topological polar surface area (TPSA) is 46.1 Å². The molecular weight excluding hydrogens is 154 g/mol. The van der Waals surface area contributed by atoms with E-state index in [2.05, 4.69) is 0 Å². The van der Waals surface area contributed by atoms with Crippen LogP contribution in [0.4, 0.5) is 0 Å². The zero-order valence-corrected chi connectivity index (χ0v) is 6.19. The van der Waals surface area contributed by atoms with Gasteiger partial charge in [-0.25, -0.2) is 0 Å². The first-order chi connectivity index (χ1) is 1.41. The molecule has 0 aromatic rings. The van der Waals surface area contributed by atoms with Crippen LogP contribution in [-0.4, -0.2) is 0 Å². The Hall–Kier alpha value is 1.73. The number of hydrogen-bond acceptors (Lipinski definition) is 2. The Morgan fingerprint density at radius 2 is 1.20 bits per heavy atom. The summed E-state index contributed by atoms with van der Waals surface area (Å²) in [5.41, 5.74) is 0. The molecule has 0 saturated carbocycles. The largest absolute Gasteiger partial charge is 1.00 e. The van der Waals surface area contributed by atoms with E-state index in [9.17, 15) is 0 Å². The molecule has 0 rings (SSSR count). The molecule has 0 amide bonds. The standard InChI is InChI=1S/ClO2.Cu.Na/c2-1-3;;/q-1;;+1. The minimum atomic E-state index is -0.417. The van der Waals surface area contributed by atoms with Crippen LogP contribution in [0.25, 0.3) is 0 Å². The summed E-state index contributed by atoms with van der Waals surface area (Å²) in [5, 5.41) is 0. The molecular formula is ClCuNaO2. The molecule has 0 saturated heterocycles. The van der Waals surface area contributed by atoms with Crippen LogP contribution in [0.3, 0.4) is 0 Å². The summed E-state index contributed by atoms with van der Waals surface area (Å²) < 4.78 is 16.5. The first-order valence-electron chi connectivity index (χ1n) is 0.309. The second kappa shape index (κ2) is 17.2. The molecule has 0 N–H and O–H groups in total. The molecule has 0 atom stereocenters. The van der Waals surface area contributed by atoms with Crippen LogP contribution >= 0.6 is 0 Å². The van der Waals surface area contributed by atoms with Crippen LogP contribution in [0, 0.1) is 11.3 Å². The van der Waals surface area contributed by atoms with Gasteiger partial charge in [0.05, 0.1) is 11.3 Å². The van der Waals surface area contributed by atoms with Crippen molar-refractivity contribution in [1.29, 1.82) is 0 Å². The maximum absolute atomic E-state index is 8.24. The SMILES string of the molecule is [Cu].[Na+].[O-][Cl+][O-]. The molecule has 31 valence electrons. The summed E-state index contributed by atoms with van der Waals surface area (Å²) in [6.07, 6.45) is 0. The molecule has 0 heterocycles. The Kier molecular flexibility index (Phi) is 54.6. The van der Waals surface area contributed by atoms with Crippen molar-refractivity contribution in [3.63, 3.8) is 0 Å². The summed E-state index contributed by atoms with van der Waals surface area (Å²) in [4.78, 5) is 0. The smallest absolute Gasteiger partial charge is 0.544 e. The van der Waals surface area contributed by atoms with Gasteiger partial charge in [0, 0.05) is 17.1 Å². The fourth-order valence-electron chi connectivity index (χ4n) is 0. The first-order valence-corrected chi connectivity index (χ1v) is 0.926. The molecule has 0 bridgehead atoms. The molecule has 0 spiro atoms. The van der Waals surface area contributed by atoms with E-state index in [1.807, 2.05) is 0 Å². The van der Waals surface area contributed by atoms with E-state index in [0.29, 0.717) is 0 Å². The molecule has 0 aliphatic carbocycles. The molecule has 1 radical (unpaired) electrons. The maximum Gasteiger partial charge on any atom is 1.00 e. The molecule has 0 aromatic carbocycles. The van der Waals surface area contributed by atoms with Crippen LogP contribution in [0.15, 0.2) is 0 Å². The molecule has 0 aliphatic heterocycles. The Morgan fingerprint density at radius 3 is 1.20 bits per heavy atom. The van der Waals surface area contributed by atoms with Crippen molar-refractivity contribution in [3.05, 3.63) is 0 Å². The van der Waals surface area contributed by atoms with E-state index in [4.69, 9.17) is 9.32 Å². The third-order valence-corrected chi connectivity index (χ3v) is 0. The average molecular weight is 154 g/mol. The summed E-state index contributed by atoms with van der Waals surface area (Å²) >= 11 is -0.417. The van der Waals surface area contributed by atoms with E-state index in [-0.39, 0.29) is 46.6 Å². The van der Waals surface area contributed by atoms with Gasteiger partial charge in [0.15, 0.2) is 0 Å². The molecule has 0 aromatic heterocycles. The van der Waals surface area contributed by atoms with Crippen LogP contribution in [-0.2, 0) is 17.1 Å². The second-order valence-corrected chi connectivity index (χ2v) is 0.189. The van der Waals surface area contributed by atoms with Crippen molar-refractivity contribution in [3.8, 4) is 0 Å². The molecule has 5 heteroatoms. The van der Waals surface area contributed by atoms with Crippen molar-refractivity contribution >= 4 is 0 Å². The van der Waals surface area contributed by atoms with Crippen LogP contribution in [0.5, 0.6) is 0 Å². The Labute approximate surface area is 66.8 Å². The van der Waals surface area contributed by atoms with Crippen LogP contribution in [0.1, 0.15) is 0 Å². The second-order valence-electron chi connectivity index (χ2n) is 0.0630. The maximum atomic E-state index is 8.24. The van der Waals surface area contributed by atoms with E-state index >= 15 is 0 Å². The number of hydrogen-bond donors (Lipinski definition) is 0. The fraction of sp³-hybridized carbons (Fsp3) is 0. The summed E-state index contributed by atoms with van der Waals surface area (Å²) in [6.45, 7) is 0. The predicted molar refractivity (Wildman–Crippen MR) is 0 cm³/mol. The van der Waals surface area contributed by atoms with Crippen LogP contribution < -0.4 is 38.9 Å². The van der Waals surface area contributed by atoms with E-state index in [1.165, 1.54) is 0 Å². The Bertz CT molecular complexity index is 9.61. The van der Waals surface area contributed by atoms with Gasteiger partial charge in [-0.3, -0.25) is 0 Å². The summed E-state index contributed by atoms with van der Waals surface area (Å²) in [7, 11) is 0. The number of rotatable bonds is 0. The third-order valence-electron chi connectivity index (χ3n) is 0. The van der Waals surface area contributed by atoms with Gasteiger partial charge in [0.2, 0.25) is 0 Å². The average Bonchev–Trinajstić information content (AvgIpc) is 0.918. The van der Waals surface area contributed by atoms with Gasteiger partial charge in [0.25, 0.3) is 0 Å². The Morgan fingerprint density at radius 1 is 1.20 bits per heavy atom. The fourth-order valence-corrected chi connectivity index (χ4v) is 0. The van der Waals surface area contributed by atoms with Gasteiger partial charge < -0.3 is 9.32 Å². The minimum absolute atomic E-state index is 0. The van der Waals surface area contributed by atoms with Crippen molar-refractivity contribution in [2.45, 2.75) is 0 Å². The van der Waals surface area contributed by atoms with Gasteiger partial charge in [-0.2, -0.15) is 0 Å². The van der Waals surface area contributed by atoms with Crippen LogP contribution in [0.2, 0.25) is 0 Å². The van der Waals surface area contributed by atoms with E-state index < -0.39 is 11.3 Å². The zero-order chi connectivity index (χ0) is 2.71. The predicted octanol–water partition coefficient (Wildman–Crippen LogP) is -5.38. The van der Waals surface area contributed by atoms with E-state index in [0.717, 1.165) is 0 Å². The number of halogens is 1. The summed E-state index contributed by atoms with van der Waals surface area (Å²) in [5.74, 6) is 0. The summed E-state index contributed by atoms with van der Waals surface area (Å²) in [6, 6.07) is 0.